The summed E-state index contributed by atoms with van der Waals surface area (Å²) >= 11 is 0. The fourth-order valence-corrected chi connectivity index (χ4v) is 1.50. The van der Waals surface area contributed by atoms with Crippen LogP contribution in [0.3, 0.4) is 0 Å². The Balaban J connectivity index is 2.30. The van der Waals surface area contributed by atoms with Gasteiger partial charge in [0, 0.05) is 5.56 Å². The minimum Gasteiger partial charge on any atom is -0.266 e. The minimum absolute atomic E-state index is 0.0157. The quantitative estimate of drug-likeness (QED) is 0.727. The SMILES string of the molecule is CC(C)(C)N1NNN=C1c1ccccc1. The number of nitrogens with zero attached hydrogens (tertiary/aromatic N) is 2. The van der Waals surface area contributed by atoms with Crippen molar-refractivity contribution in [1.82, 2.24) is 16.1 Å². The predicted molar refractivity (Wildman–Crippen MR) is 60.8 cm³/mol. The molecular formula is C11H16N4. The van der Waals surface area contributed by atoms with E-state index in [1.807, 2.05) is 35.3 Å². The normalized spacial score (nSPS) is 16.2. The molecule has 15 heavy (non-hydrogen) atoms. The number of benzene rings is 1. The maximum atomic E-state index is 4.24. The Morgan fingerprint density at radius 3 is 2.40 bits per heavy atom. The summed E-state index contributed by atoms with van der Waals surface area (Å²) in [6.45, 7) is 6.39. The van der Waals surface area contributed by atoms with Gasteiger partial charge in [0.1, 0.15) is 0 Å². The highest BCUT2D eigenvalue weighted by molar-refractivity contribution is 5.99. The van der Waals surface area contributed by atoms with E-state index in [0.29, 0.717) is 0 Å². The molecule has 2 rings (SSSR count). The van der Waals surface area contributed by atoms with Crippen LogP contribution in [0.5, 0.6) is 0 Å². The summed E-state index contributed by atoms with van der Waals surface area (Å²) in [6.07, 6.45) is 0. The van der Waals surface area contributed by atoms with Crippen LogP contribution in [0.25, 0.3) is 0 Å². The number of hydrazine groups is 2. The van der Waals surface area contributed by atoms with Crippen molar-refractivity contribution in [1.29, 1.82) is 0 Å². The van der Waals surface area contributed by atoms with Crippen molar-refractivity contribution in [2.75, 3.05) is 0 Å². The molecule has 1 heterocycles. The Bertz CT molecular complexity index is 364. The molecule has 1 aliphatic rings. The molecule has 0 aromatic heterocycles. The maximum Gasteiger partial charge on any atom is 0.173 e. The summed E-state index contributed by atoms with van der Waals surface area (Å²) in [5.41, 5.74) is 6.90. The zero-order valence-corrected chi connectivity index (χ0v) is 9.28. The number of hydrogen-bond donors (Lipinski definition) is 2. The molecule has 0 bridgehead atoms. The standard InChI is InChI=1S/C11H16N4/c1-11(2,3)15-10(12-13-14-15)9-7-5-4-6-8-9/h4-8,13-14H,1-3H3. The van der Waals surface area contributed by atoms with Gasteiger partial charge < -0.3 is 0 Å². The Kier molecular flexibility index (Phi) is 2.36. The van der Waals surface area contributed by atoms with Gasteiger partial charge in [-0.2, -0.15) is 0 Å². The lowest BCUT2D eigenvalue weighted by atomic mass is 10.1. The third kappa shape index (κ3) is 1.94. The van der Waals surface area contributed by atoms with Crippen LogP contribution in [0.4, 0.5) is 0 Å². The molecule has 0 unspecified atom stereocenters. The number of nitrogens with one attached hydrogen (secondary N) is 2. The zero-order valence-electron chi connectivity index (χ0n) is 9.28. The third-order valence-corrected chi connectivity index (χ3v) is 2.24. The van der Waals surface area contributed by atoms with Gasteiger partial charge in [0.05, 0.1) is 5.54 Å². The van der Waals surface area contributed by atoms with Gasteiger partial charge in [0.15, 0.2) is 5.84 Å². The van der Waals surface area contributed by atoms with Crippen molar-refractivity contribution in [2.45, 2.75) is 26.3 Å². The Labute approximate surface area is 89.9 Å². The Morgan fingerprint density at radius 1 is 1.13 bits per heavy atom. The van der Waals surface area contributed by atoms with Crippen LogP contribution in [0, 0.1) is 0 Å². The first-order valence-corrected chi connectivity index (χ1v) is 5.03. The number of hydrogen-bond acceptors (Lipinski definition) is 4. The highest BCUT2D eigenvalue weighted by atomic mass is 15.8. The topological polar surface area (TPSA) is 39.7 Å². The molecule has 4 heteroatoms. The molecule has 1 aliphatic heterocycles. The monoisotopic (exact) mass is 204 g/mol. The smallest absolute Gasteiger partial charge is 0.173 e. The molecule has 1 aromatic carbocycles. The van der Waals surface area contributed by atoms with Crippen molar-refractivity contribution in [3.05, 3.63) is 35.9 Å². The molecule has 0 amide bonds. The van der Waals surface area contributed by atoms with Crippen LogP contribution < -0.4 is 11.1 Å². The summed E-state index contributed by atoms with van der Waals surface area (Å²) < 4.78 is 0. The first-order valence-electron chi connectivity index (χ1n) is 5.03. The highest BCUT2D eigenvalue weighted by Gasteiger charge is 2.28. The second-order valence-corrected chi connectivity index (χ2v) is 4.53. The maximum absolute atomic E-state index is 4.24. The molecule has 80 valence electrons. The van der Waals surface area contributed by atoms with Crippen molar-refractivity contribution >= 4 is 5.84 Å². The van der Waals surface area contributed by atoms with Gasteiger partial charge in [0.25, 0.3) is 0 Å². The largest absolute Gasteiger partial charge is 0.266 e. The number of hydrazone groups is 1. The van der Waals surface area contributed by atoms with Crippen LogP contribution in [-0.2, 0) is 0 Å². The van der Waals surface area contributed by atoms with Gasteiger partial charge in [0.2, 0.25) is 0 Å². The minimum atomic E-state index is -0.0157. The predicted octanol–water partition coefficient (Wildman–Crippen LogP) is 1.47. The van der Waals surface area contributed by atoms with E-state index in [4.69, 9.17) is 0 Å². The van der Waals surface area contributed by atoms with E-state index in [0.717, 1.165) is 11.4 Å². The average Bonchev–Trinajstić information content (AvgIpc) is 2.67. The first-order chi connectivity index (χ1) is 7.09. The lowest BCUT2D eigenvalue weighted by Crippen LogP contribution is -2.52. The van der Waals surface area contributed by atoms with Gasteiger partial charge in [-0.3, -0.25) is 5.01 Å². The second kappa shape index (κ2) is 3.55. The van der Waals surface area contributed by atoms with E-state index in [1.54, 1.807) is 0 Å². The van der Waals surface area contributed by atoms with Crippen molar-refractivity contribution in [2.24, 2.45) is 5.10 Å². The van der Waals surface area contributed by atoms with E-state index < -0.39 is 0 Å². The summed E-state index contributed by atoms with van der Waals surface area (Å²) in [7, 11) is 0. The van der Waals surface area contributed by atoms with E-state index >= 15 is 0 Å². The van der Waals surface area contributed by atoms with E-state index in [-0.39, 0.29) is 5.54 Å². The van der Waals surface area contributed by atoms with Gasteiger partial charge in [-0.25, -0.2) is 5.53 Å². The zero-order chi connectivity index (χ0) is 10.9. The molecule has 0 radical (unpaired) electrons. The van der Waals surface area contributed by atoms with Gasteiger partial charge in [-0.15, -0.1) is 10.6 Å². The van der Waals surface area contributed by atoms with Gasteiger partial charge in [-0.1, -0.05) is 30.3 Å². The first kappa shape index (κ1) is 9.98. The highest BCUT2D eigenvalue weighted by Crippen LogP contribution is 2.16. The molecule has 0 aliphatic carbocycles. The van der Waals surface area contributed by atoms with E-state index in [9.17, 15) is 0 Å². The summed E-state index contributed by atoms with van der Waals surface area (Å²) in [5, 5.41) is 6.25. The van der Waals surface area contributed by atoms with E-state index in [1.165, 1.54) is 0 Å². The number of rotatable bonds is 1. The molecule has 4 nitrogen and oxygen atoms in total. The van der Waals surface area contributed by atoms with Crippen LogP contribution in [0.1, 0.15) is 26.3 Å². The molecule has 0 saturated carbocycles. The number of amidine groups is 1. The van der Waals surface area contributed by atoms with Crippen LogP contribution in [0.15, 0.2) is 35.4 Å². The fourth-order valence-electron chi connectivity index (χ4n) is 1.50. The Morgan fingerprint density at radius 2 is 1.80 bits per heavy atom. The molecule has 0 saturated heterocycles. The van der Waals surface area contributed by atoms with Crippen molar-refractivity contribution in [3.8, 4) is 0 Å². The molecule has 2 N–H and O–H groups in total. The lowest BCUT2D eigenvalue weighted by molar-refractivity contribution is 0.162. The molecule has 0 spiro atoms. The lowest BCUT2D eigenvalue weighted by Gasteiger charge is -2.32. The van der Waals surface area contributed by atoms with Crippen molar-refractivity contribution < 1.29 is 0 Å². The van der Waals surface area contributed by atoms with Gasteiger partial charge >= 0.3 is 0 Å². The van der Waals surface area contributed by atoms with Crippen LogP contribution in [-0.4, -0.2) is 16.4 Å². The summed E-state index contributed by atoms with van der Waals surface area (Å²) in [6, 6.07) is 10.1. The average molecular weight is 204 g/mol. The molecule has 0 fully saturated rings. The van der Waals surface area contributed by atoms with Crippen LogP contribution >= 0.6 is 0 Å². The van der Waals surface area contributed by atoms with E-state index in [2.05, 4.69) is 36.9 Å². The summed E-state index contributed by atoms with van der Waals surface area (Å²) in [4.78, 5) is 0. The third-order valence-electron chi connectivity index (χ3n) is 2.24. The van der Waals surface area contributed by atoms with Crippen molar-refractivity contribution in [3.63, 3.8) is 0 Å². The molecule has 0 atom stereocenters. The fraction of sp³-hybridized carbons (Fsp3) is 0.364. The van der Waals surface area contributed by atoms with Gasteiger partial charge in [-0.05, 0) is 20.8 Å². The summed E-state index contributed by atoms with van der Waals surface area (Å²) in [5.74, 6) is 0.920. The second-order valence-electron chi connectivity index (χ2n) is 4.53. The Hall–Kier alpha value is -1.55. The molecule has 1 aromatic rings. The van der Waals surface area contributed by atoms with Crippen LogP contribution in [0.2, 0.25) is 0 Å². The molecular weight excluding hydrogens is 188 g/mol.